The molecule has 1 saturated heterocycles. The minimum absolute atomic E-state index is 0.544. The Morgan fingerprint density at radius 1 is 0.885 bits per heavy atom. The molecule has 0 radical (unpaired) electrons. The van der Waals surface area contributed by atoms with Crippen LogP contribution < -0.4 is 9.64 Å². The van der Waals surface area contributed by atoms with Crippen LogP contribution in [0.3, 0.4) is 0 Å². The summed E-state index contributed by atoms with van der Waals surface area (Å²) in [4.78, 5) is 14.1. The third-order valence-corrected chi connectivity index (χ3v) is 5.90. The van der Waals surface area contributed by atoms with Gasteiger partial charge in [-0.25, -0.2) is 9.97 Å². The maximum atomic E-state index is 5.53. The molecule has 0 amide bonds. The van der Waals surface area contributed by atoms with E-state index in [1.165, 1.54) is 31.4 Å². The van der Waals surface area contributed by atoms with E-state index in [4.69, 9.17) is 4.74 Å². The Morgan fingerprint density at radius 2 is 1.58 bits per heavy atom. The number of hydrogen-bond acceptors (Lipinski definition) is 5. The minimum atomic E-state index is 0.544. The van der Waals surface area contributed by atoms with Crippen LogP contribution in [0.2, 0.25) is 0 Å². The number of hydrogen-bond donors (Lipinski definition) is 0. The molecule has 1 aromatic carbocycles. The third-order valence-electron chi connectivity index (χ3n) is 5.90. The molecule has 1 aromatic heterocycles. The predicted octanol–water partition coefficient (Wildman–Crippen LogP) is 3.33. The van der Waals surface area contributed by atoms with Gasteiger partial charge in [0, 0.05) is 50.5 Å². The Balaban J connectivity index is 1.30. The molecule has 138 valence electrons. The Labute approximate surface area is 156 Å². The van der Waals surface area contributed by atoms with E-state index >= 15 is 0 Å². The van der Waals surface area contributed by atoms with Crippen molar-refractivity contribution < 1.29 is 4.74 Å². The summed E-state index contributed by atoms with van der Waals surface area (Å²) in [6, 6.07) is 11.0. The predicted molar refractivity (Wildman–Crippen MR) is 104 cm³/mol. The second-order valence-corrected chi connectivity index (χ2v) is 7.31. The molecular weight excluding hydrogens is 324 g/mol. The average Bonchev–Trinajstić information content (AvgIpc) is 2.74. The van der Waals surface area contributed by atoms with Crippen molar-refractivity contribution in [1.29, 1.82) is 0 Å². The molecular formula is C21H28N4O. The summed E-state index contributed by atoms with van der Waals surface area (Å²) < 4.78 is 5.53. The van der Waals surface area contributed by atoms with Gasteiger partial charge in [0.25, 0.3) is 0 Å². The first-order valence-corrected chi connectivity index (χ1v) is 9.74. The van der Waals surface area contributed by atoms with Gasteiger partial charge in [0.05, 0.1) is 12.8 Å². The van der Waals surface area contributed by atoms with Crippen molar-refractivity contribution in [3.05, 3.63) is 48.5 Å². The van der Waals surface area contributed by atoms with Gasteiger partial charge < -0.3 is 9.64 Å². The van der Waals surface area contributed by atoms with Crippen molar-refractivity contribution in [2.75, 3.05) is 38.2 Å². The number of benzene rings is 1. The highest BCUT2D eigenvalue weighted by atomic mass is 16.5. The fourth-order valence-electron chi connectivity index (χ4n) is 4.44. The molecule has 0 N–H and O–H groups in total. The van der Waals surface area contributed by atoms with E-state index in [1.807, 2.05) is 24.5 Å². The summed E-state index contributed by atoms with van der Waals surface area (Å²) in [5.74, 6) is 2.55. The van der Waals surface area contributed by atoms with Crippen LogP contribution in [0.15, 0.2) is 42.7 Å². The molecule has 0 unspecified atom stereocenters. The van der Waals surface area contributed by atoms with Crippen LogP contribution in [0.4, 0.5) is 5.69 Å². The van der Waals surface area contributed by atoms with Gasteiger partial charge in [-0.1, -0.05) is 12.1 Å². The van der Waals surface area contributed by atoms with Crippen LogP contribution in [0.5, 0.6) is 5.75 Å². The molecule has 1 aliphatic heterocycles. The fourth-order valence-corrected chi connectivity index (χ4v) is 4.44. The zero-order chi connectivity index (χ0) is 17.8. The summed E-state index contributed by atoms with van der Waals surface area (Å²) in [6.45, 7) is 4.41. The van der Waals surface area contributed by atoms with Crippen molar-refractivity contribution in [1.82, 2.24) is 14.9 Å². The lowest BCUT2D eigenvalue weighted by molar-refractivity contribution is 0.140. The SMILES string of the molecule is COc1ccccc1N1CCN(C2CCC(c3ncccn3)CC2)CC1. The van der Waals surface area contributed by atoms with E-state index < -0.39 is 0 Å². The second-order valence-electron chi connectivity index (χ2n) is 7.31. The zero-order valence-corrected chi connectivity index (χ0v) is 15.6. The molecule has 1 saturated carbocycles. The van der Waals surface area contributed by atoms with Crippen LogP contribution in [-0.4, -0.2) is 54.2 Å². The number of piperazine rings is 1. The highest BCUT2D eigenvalue weighted by Gasteiger charge is 2.30. The van der Waals surface area contributed by atoms with E-state index in [0.29, 0.717) is 5.92 Å². The van der Waals surface area contributed by atoms with Gasteiger partial charge in [-0.2, -0.15) is 0 Å². The number of rotatable bonds is 4. The number of nitrogens with zero attached hydrogens (tertiary/aromatic N) is 4. The molecule has 5 nitrogen and oxygen atoms in total. The van der Waals surface area contributed by atoms with Crippen molar-refractivity contribution in [2.24, 2.45) is 0 Å². The highest BCUT2D eigenvalue weighted by molar-refractivity contribution is 5.58. The lowest BCUT2D eigenvalue weighted by Crippen LogP contribution is -2.51. The molecule has 2 fully saturated rings. The van der Waals surface area contributed by atoms with Crippen LogP contribution in [-0.2, 0) is 0 Å². The van der Waals surface area contributed by atoms with Crippen LogP contribution in [0, 0.1) is 0 Å². The van der Waals surface area contributed by atoms with Gasteiger partial charge >= 0.3 is 0 Å². The molecule has 2 aromatic rings. The van der Waals surface area contributed by atoms with E-state index in [1.54, 1.807) is 7.11 Å². The average molecular weight is 352 g/mol. The minimum Gasteiger partial charge on any atom is -0.495 e. The number of anilines is 1. The molecule has 5 heteroatoms. The zero-order valence-electron chi connectivity index (χ0n) is 15.6. The van der Waals surface area contributed by atoms with Crippen molar-refractivity contribution >= 4 is 5.69 Å². The van der Waals surface area contributed by atoms with E-state index in [9.17, 15) is 0 Å². The van der Waals surface area contributed by atoms with E-state index in [-0.39, 0.29) is 0 Å². The molecule has 26 heavy (non-hydrogen) atoms. The number of ether oxygens (including phenoxy) is 1. The van der Waals surface area contributed by atoms with Crippen LogP contribution in [0.1, 0.15) is 37.4 Å². The number of aromatic nitrogens is 2. The largest absolute Gasteiger partial charge is 0.495 e. The van der Waals surface area contributed by atoms with Gasteiger partial charge in [0.2, 0.25) is 0 Å². The Bertz CT molecular complexity index is 692. The lowest BCUT2D eigenvalue weighted by atomic mass is 9.84. The monoisotopic (exact) mass is 352 g/mol. The van der Waals surface area contributed by atoms with Crippen molar-refractivity contribution in [2.45, 2.75) is 37.6 Å². The highest BCUT2D eigenvalue weighted by Crippen LogP contribution is 2.34. The molecule has 2 heterocycles. The van der Waals surface area contributed by atoms with E-state index in [0.717, 1.165) is 43.8 Å². The van der Waals surface area contributed by atoms with Crippen LogP contribution in [0.25, 0.3) is 0 Å². The summed E-state index contributed by atoms with van der Waals surface area (Å²) >= 11 is 0. The number of methoxy groups -OCH3 is 1. The first-order valence-electron chi connectivity index (χ1n) is 9.74. The third kappa shape index (κ3) is 3.68. The molecule has 0 spiro atoms. The Morgan fingerprint density at radius 3 is 2.27 bits per heavy atom. The van der Waals surface area contributed by atoms with Crippen LogP contribution >= 0.6 is 0 Å². The number of para-hydroxylation sites is 2. The smallest absolute Gasteiger partial charge is 0.142 e. The normalized spacial score (nSPS) is 24.4. The molecule has 0 bridgehead atoms. The van der Waals surface area contributed by atoms with E-state index in [2.05, 4.69) is 38.0 Å². The standard InChI is InChI=1S/C21H28N4O/c1-26-20-6-3-2-5-19(20)25-15-13-24(14-16-25)18-9-7-17(8-10-18)21-22-11-4-12-23-21/h2-6,11-12,17-18H,7-10,13-16H2,1H3. The summed E-state index contributed by atoms with van der Waals surface area (Å²) in [6.07, 6.45) is 8.68. The first kappa shape index (κ1) is 17.3. The summed E-state index contributed by atoms with van der Waals surface area (Å²) in [5, 5.41) is 0. The van der Waals surface area contributed by atoms with Gasteiger partial charge in [-0.3, -0.25) is 4.90 Å². The fraction of sp³-hybridized carbons (Fsp3) is 0.524. The molecule has 1 aliphatic carbocycles. The van der Waals surface area contributed by atoms with Gasteiger partial charge in [0.1, 0.15) is 11.6 Å². The van der Waals surface area contributed by atoms with Gasteiger partial charge in [-0.05, 0) is 43.9 Å². The first-order chi connectivity index (χ1) is 12.8. The van der Waals surface area contributed by atoms with Crippen molar-refractivity contribution in [3.63, 3.8) is 0 Å². The molecule has 4 rings (SSSR count). The van der Waals surface area contributed by atoms with Gasteiger partial charge in [-0.15, -0.1) is 0 Å². The Kier molecular flexibility index (Phi) is 5.34. The molecule has 0 atom stereocenters. The van der Waals surface area contributed by atoms with Gasteiger partial charge in [0.15, 0.2) is 0 Å². The summed E-state index contributed by atoms with van der Waals surface area (Å²) in [5.41, 5.74) is 1.22. The maximum absolute atomic E-state index is 5.53. The quantitative estimate of drug-likeness (QED) is 0.844. The maximum Gasteiger partial charge on any atom is 0.142 e. The summed E-state index contributed by atoms with van der Waals surface area (Å²) in [7, 11) is 1.75. The lowest BCUT2D eigenvalue weighted by Gasteiger charge is -2.42. The second kappa shape index (κ2) is 8.04. The van der Waals surface area contributed by atoms with Crippen molar-refractivity contribution in [3.8, 4) is 5.75 Å². The Hall–Kier alpha value is -2.14. The molecule has 2 aliphatic rings. The topological polar surface area (TPSA) is 41.5 Å².